The van der Waals surface area contributed by atoms with Crippen LogP contribution in [-0.2, 0) is 38.5 Å². The van der Waals surface area contributed by atoms with Crippen molar-refractivity contribution in [1.29, 1.82) is 0 Å². The average molecular weight is 1780 g/mol. The van der Waals surface area contributed by atoms with E-state index in [1.807, 2.05) is 152 Å². The lowest BCUT2D eigenvalue weighted by molar-refractivity contribution is -0.264. The number of allylic oxidation sites excluding steroid dienone is 40. The number of ether oxygens (including phenoxy) is 1. The maximum absolute atomic E-state index is 10.3. The molecule has 0 aromatic rings. The Morgan fingerprint density at radius 1 is 0.271 bits per heavy atom. The average Bonchev–Trinajstić information content (AvgIpc) is 1.03. The van der Waals surface area contributed by atoms with Gasteiger partial charge in [-0.15, -0.1) is 23.7 Å². The molecule has 0 radical (unpaired) electrons. The lowest BCUT2D eigenvalue weighted by Gasteiger charge is -2.04. The maximum atomic E-state index is 10.3. The van der Waals surface area contributed by atoms with Crippen LogP contribution in [0.4, 0.5) is 0 Å². The number of aliphatic hydroxyl groups is 4. The monoisotopic (exact) mass is 1780 g/mol. The number of rotatable bonds is 69. The fourth-order valence-corrected chi connectivity index (χ4v) is 9.47. The van der Waals surface area contributed by atoms with Crippen molar-refractivity contribution in [3.05, 3.63) is 316 Å². The number of carbonyl (C=O) groups excluding carboxylic acids is 1. The Bertz CT molecular complexity index is 3740. The first-order valence-electron chi connectivity index (χ1n) is 45.6. The minimum absolute atomic E-state index is 0.0270. The molecular formula is C111H158O18. The number of carboxylic acids is 4. The molecule has 0 fully saturated rings. The molecule has 0 saturated carbocycles. The van der Waals surface area contributed by atoms with Crippen LogP contribution < -0.4 is 0 Å². The highest BCUT2D eigenvalue weighted by Gasteiger charge is 2.03. The molecule has 0 amide bonds. The largest absolute Gasteiger partial charge is 0.481 e. The summed E-state index contributed by atoms with van der Waals surface area (Å²) in [5, 5.41) is 90.3. The van der Waals surface area contributed by atoms with E-state index in [0.29, 0.717) is 96.5 Å². The van der Waals surface area contributed by atoms with Gasteiger partial charge in [-0.25, -0.2) is 9.78 Å². The van der Waals surface area contributed by atoms with Crippen LogP contribution in [0, 0.1) is 35.5 Å². The summed E-state index contributed by atoms with van der Waals surface area (Å²) in [7, 11) is 0. The second-order valence-corrected chi connectivity index (χ2v) is 28.0. The molecule has 18 heteroatoms. The molecular weight excluding hydrogens is 1620 g/mol. The number of hydrogen-bond acceptors (Lipinski definition) is 14. The van der Waals surface area contributed by atoms with Gasteiger partial charge in [0.1, 0.15) is 12.2 Å². The van der Waals surface area contributed by atoms with E-state index < -0.39 is 54.4 Å². The molecule has 1 unspecified atom stereocenters. The maximum Gasteiger partial charge on any atom is 0.304 e. The van der Waals surface area contributed by atoms with Gasteiger partial charge >= 0.3 is 23.9 Å². The smallest absolute Gasteiger partial charge is 0.304 e. The highest BCUT2D eigenvalue weighted by atomic mass is 17.1. The summed E-state index contributed by atoms with van der Waals surface area (Å²) in [5.74, 6) is 14.1. The quantitative estimate of drug-likeness (QED) is 0.00514. The van der Waals surface area contributed by atoms with Crippen LogP contribution in [0.25, 0.3) is 0 Å². The summed E-state index contributed by atoms with van der Waals surface area (Å²) in [5.41, 5.74) is 0. The van der Waals surface area contributed by atoms with E-state index in [0.717, 1.165) is 122 Å². The van der Waals surface area contributed by atoms with Gasteiger partial charge in [0.05, 0.1) is 43.9 Å². The van der Waals surface area contributed by atoms with E-state index in [4.69, 9.17) is 30.9 Å². The Hall–Kier alpha value is -11.1. The van der Waals surface area contributed by atoms with Crippen molar-refractivity contribution in [3.63, 3.8) is 0 Å². The second kappa shape index (κ2) is 113. The van der Waals surface area contributed by atoms with Crippen molar-refractivity contribution >= 4 is 30.3 Å². The normalized spacial score (nSPS) is 13.9. The highest BCUT2D eigenvalue weighted by Crippen LogP contribution is 2.09. The number of aliphatic carboxylic acids is 4. The second-order valence-electron chi connectivity index (χ2n) is 28.0. The van der Waals surface area contributed by atoms with Gasteiger partial charge in [-0.05, 0) is 167 Å². The third-order valence-corrected chi connectivity index (χ3v) is 16.3. The van der Waals surface area contributed by atoms with Gasteiger partial charge in [-0.1, -0.05) is 362 Å². The van der Waals surface area contributed by atoms with E-state index in [1.165, 1.54) is 0 Å². The molecule has 18 nitrogen and oxygen atoms in total. The van der Waals surface area contributed by atoms with Crippen LogP contribution in [0.1, 0.15) is 266 Å². The molecule has 10 N–H and O–H groups in total. The van der Waals surface area contributed by atoms with E-state index in [-0.39, 0.29) is 31.8 Å². The number of aliphatic hydroxyl groups excluding tert-OH is 4. The summed E-state index contributed by atoms with van der Waals surface area (Å²) >= 11 is 0. The highest BCUT2D eigenvalue weighted by molar-refractivity contribution is 5.68. The van der Waals surface area contributed by atoms with E-state index in [9.17, 15) is 44.4 Å². The number of unbranched alkanes of at least 4 members (excludes halogenated alkanes) is 3. The minimum Gasteiger partial charge on any atom is -0.481 e. The Balaban J connectivity index is -0.000000497. The number of carboxylic acid groups (broad SMARTS) is 4. The third-order valence-electron chi connectivity index (χ3n) is 16.3. The van der Waals surface area contributed by atoms with Crippen molar-refractivity contribution < 1.29 is 89.9 Å². The van der Waals surface area contributed by atoms with Gasteiger partial charge in [0.2, 0.25) is 0 Å². The molecule has 129 heavy (non-hydrogen) atoms. The van der Waals surface area contributed by atoms with Crippen molar-refractivity contribution in [2.75, 3.05) is 6.61 Å². The van der Waals surface area contributed by atoms with Crippen LogP contribution in [0.2, 0.25) is 0 Å². The lowest BCUT2D eigenvalue weighted by atomic mass is 10.1. The summed E-state index contributed by atoms with van der Waals surface area (Å²) in [6.07, 6.45) is 127. The third kappa shape index (κ3) is 126. The van der Waals surface area contributed by atoms with Crippen molar-refractivity contribution in [1.82, 2.24) is 0 Å². The lowest BCUT2D eigenvalue weighted by Crippen LogP contribution is -2.05. The molecule has 0 aliphatic carbocycles. The van der Waals surface area contributed by atoms with Gasteiger partial charge in [0, 0.05) is 51.4 Å². The number of carbonyl (C=O) groups is 5. The molecule has 0 aromatic carbocycles. The summed E-state index contributed by atoms with van der Waals surface area (Å²) in [6.45, 7) is 11.2. The Labute approximate surface area is 776 Å². The zero-order chi connectivity index (χ0) is 95.8. The van der Waals surface area contributed by atoms with Crippen LogP contribution in [0.15, 0.2) is 316 Å². The molecule has 0 aliphatic rings. The van der Waals surface area contributed by atoms with Gasteiger partial charge in [-0.3, -0.25) is 34.5 Å². The predicted molar refractivity (Wildman–Crippen MR) is 537 cm³/mol. The van der Waals surface area contributed by atoms with Gasteiger partial charge in [-0.2, -0.15) is 0 Å². The Kier molecular flexibility index (Phi) is 111. The first-order valence-corrected chi connectivity index (χ1v) is 45.6. The molecule has 0 rings (SSSR count). The van der Waals surface area contributed by atoms with Crippen molar-refractivity contribution in [2.45, 2.75) is 302 Å². The fraction of sp³-hybridized carbons (Fsp3) is 0.432. The first-order chi connectivity index (χ1) is 62.9. The summed E-state index contributed by atoms with van der Waals surface area (Å²) < 4.78 is 4.56. The van der Waals surface area contributed by atoms with Crippen LogP contribution in [0.5, 0.6) is 0 Å². The predicted octanol–water partition coefficient (Wildman–Crippen LogP) is 26.2. The number of hydrogen-bond donors (Lipinski definition) is 10. The van der Waals surface area contributed by atoms with Crippen LogP contribution in [0.3, 0.4) is 0 Å². The van der Waals surface area contributed by atoms with Crippen LogP contribution >= 0.6 is 0 Å². The minimum atomic E-state index is -0.866. The molecule has 6 atom stereocenters. The van der Waals surface area contributed by atoms with E-state index in [2.05, 4.69) is 212 Å². The Morgan fingerprint density at radius 3 is 0.969 bits per heavy atom. The van der Waals surface area contributed by atoms with Crippen molar-refractivity contribution in [2.24, 2.45) is 0 Å². The molecule has 710 valence electrons. The first kappa shape index (κ1) is 126. The topological polar surface area (TPSA) is 315 Å². The SMILES string of the molecule is CC/C=C\C/C=C\C/C=C\C/C=C\C/C=C\CC#CCCCC(=O)O.CC/C=C\CC(O)/C=C/C=C\C/C=C\C=C\[C@@H](C/C=C\CCOC=O)OO.CC/C=C\C[C@@H](/C=C/CCC/C=C\C/C=C\CC#CCCC(=O)O)OO.CC/C=C\C[C@H](O)/C=C/C=C\C/C=C\C/C=C\C/C=C\CCC(=O)O.CC/C=C\C[C@H](O)/C=C/C=C\C/C=C\C=C\[C@@H](O)CC#CCCC(=O)O. The van der Waals surface area contributed by atoms with E-state index >= 15 is 0 Å². The standard InChI is InChI=1S/C23H32O2.C22H32O5.C22H30O4.C22H32O4.C22H32O3/c1-2-3-4-5-6-7-8-9-10-11-12-13-14-15-16-17-18-19-20-21-22-23(24)25;1-2-3-10-15-21(24)16-11-7-5-4-6-8-12-17-22(27-25)18-13-9-14-19-26-20-23;1-2-3-10-15-20(23)16-11-7-5-4-6-8-12-17-21(24)18-13-9-14-19-22(25)26;1-2-3-15-18-21(26-25)19-16-13-11-9-7-5-4-6-8-10-12-14-17-20-22(23)24;1-2-3-15-18-21(23)19-16-13-11-9-7-5-4-6-8-10-12-14-17-20-22(24)25/h3-4,6-7,9-10,12-13,15-16H,2,5,8,11,14,17,20-22H2,1H3,(H,24,25);3,5-13,16-17,20-22,24-25H,2,4,14-15,18-19H2,1H3;3,5-8,10-12,16-17,20-21,23-24H,2,4,14-15,18-19H2,1H3,(H,25,26);3,5-8,15-16,19,21,25H,2,4,9-11,13,17-18,20H2,1H3,(H,23,24);3,5-8,11-16,19,21,23H,2,4,9-10,17-18,20H2,1H3,(H,24,25)/b4-3-,7-6-,10-9-,13-12-,16-15-;7-5-,8-6-,10-3-,13-9-,16-11+,17-12+;7-5-,8-6-,10-3-,16-11+,17-12+;7-5-,8-6-,15-3-,19-16+;7-5-,8-6-,13-11-,14-12-,15-3-,19-16+/t;21?,22-;20-,21+;2*21-/m.0000/s1. The van der Waals surface area contributed by atoms with E-state index in [1.54, 1.807) is 36.5 Å². The molecule has 0 saturated heterocycles. The van der Waals surface area contributed by atoms with Gasteiger partial charge in [0.15, 0.2) is 0 Å². The van der Waals surface area contributed by atoms with Gasteiger partial charge in [0.25, 0.3) is 6.47 Å². The summed E-state index contributed by atoms with van der Waals surface area (Å²) in [4.78, 5) is 60.0. The molecule has 0 heterocycles. The fourth-order valence-electron chi connectivity index (χ4n) is 9.47. The molecule has 0 aromatic heterocycles. The zero-order valence-electron chi connectivity index (χ0n) is 78.0. The zero-order valence-corrected chi connectivity index (χ0v) is 78.0. The van der Waals surface area contributed by atoms with Gasteiger partial charge < -0.3 is 45.6 Å². The summed E-state index contributed by atoms with van der Waals surface area (Å²) in [6, 6.07) is 0. The van der Waals surface area contributed by atoms with Crippen LogP contribution in [-0.4, -0.2) is 125 Å². The van der Waals surface area contributed by atoms with Crippen molar-refractivity contribution in [3.8, 4) is 35.5 Å². The molecule has 0 bridgehead atoms. The Morgan fingerprint density at radius 2 is 0.574 bits per heavy atom. The molecule has 0 spiro atoms. The molecule has 0 aliphatic heterocycles.